The van der Waals surface area contributed by atoms with E-state index >= 15 is 0 Å². The van der Waals surface area contributed by atoms with E-state index in [1.54, 1.807) is 6.08 Å². The van der Waals surface area contributed by atoms with Crippen LogP contribution in [0.4, 0.5) is 0 Å². The Hall–Kier alpha value is -1.80. The number of likely N-dealkylation sites (N-methyl/N-ethyl adjacent to an activating group) is 1. The molecular weight excluding hydrogens is 912 g/mol. The average molecular weight is 1030 g/mol. The van der Waals surface area contributed by atoms with E-state index in [4.69, 9.17) is 9.05 Å². The molecule has 1 amide bonds. The summed E-state index contributed by atoms with van der Waals surface area (Å²) in [5.41, 5.74) is 0. The van der Waals surface area contributed by atoms with Crippen molar-refractivity contribution >= 4 is 13.7 Å². The van der Waals surface area contributed by atoms with Gasteiger partial charge in [0.2, 0.25) is 5.91 Å². The number of aliphatic hydroxyl groups is 1. The molecule has 9 heteroatoms. The van der Waals surface area contributed by atoms with E-state index in [9.17, 15) is 19.4 Å². The molecule has 422 valence electrons. The first kappa shape index (κ1) is 70.2. The Morgan fingerprint density at radius 3 is 1.21 bits per heavy atom. The zero-order valence-corrected chi connectivity index (χ0v) is 49.1. The third-order valence-electron chi connectivity index (χ3n) is 13.7. The average Bonchev–Trinajstić information content (AvgIpc) is 3.34. The molecule has 3 atom stereocenters. The van der Waals surface area contributed by atoms with Crippen molar-refractivity contribution in [1.82, 2.24) is 5.32 Å². The van der Waals surface area contributed by atoms with Crippen LogP contribution in [0.25, 0.3) is 0 Å². The van der Waals surface area contributed by atoms with E-state index in [0.717, 1.165) is 51.4 Å². The standard InChI is InChI=1S/C63H119N2O6P/c1-6-8-10-12-14-16-18-20-21-22-23-24-25-26-27-28-29-30-31-32-33-34-35-36-37-38-39-40-41-42-43-45-47-49-51-53-55-57-63(67)64-61(60-71-72(68,69)70-59-58-65(3,4)5)62(66)56-54-52-50-48-46-44-19-17-15-13-11-9-7-2/h18,20,22-23,25-26,46,48,54,56,61-62,66H,6-17,19,21,24,27-45,47,49-53,55,57-60H2,1-5H3,(H-,64,67,68,69)/p+1/b20-18-,23-22-,26-25-,48-46+,56-54+. The second-order valence-corrected chi connectivity index (χ2v) is 23.5. The lowest BCUT2D eigenvalue weighted by molar-refractivity contribution is -0.870. The monoisotopic (exact) mass is 1030 g/mol. The van der Waals surface area contributed by atoms with E-state index < -0.39 is 20.0 Å². The van der Waals surface area contributed by atoms with Crippen LogP contribution >= 0.6 is 7.82 Å². The molecule has 0 aliphatic carbocycles. The molecule has 0 saturated carbocycles. The molecule has 0 heterocycles. The largest absolute Gasteiger partial charge is 0.472 e. The first-order valence-corrected chi connectivity index (χ1v) is 32.2. The molecule has 3 N–H and O–H groups in total. The van der Waals surface area contributed by atoms with Gasteiger partial charge in [-0.3, -0.25) is 13.8 Å². The van der Waals surface area contributed by atoms with Crippen molar-refractivity contribution in [2.24, 2.45) is 0 Å². The van der Waals surface area contributed by atoms with Gasteiger partial charge in [0.25, 0.3) is 0 Å². The van der Waals surface area contributed by atoms with Crippen LogP contribution in [0.2, 0.25) is 0 Å². The van der Waals surface area contributed by atoms with Crippen LogP contribution in [0.1, 0.15) is 284 Å². The van der Waals surface area contributed by atoms with Crippen LogP contribution in [-0.2, 0) is 18.4 Å². The summed E-state index contributed by atoms with van der Waals surface area (Å²) >= 11 is 0. The van der Waals surface area contributed by atoms with Crippen LogP contribution < -0.4 is 5.32 Å². The Morgan fingerprint density at radius 1 is 0.472 bits per heavy atom. The van der Waals surface area contributed by atoms with E-state index in [1.807, 2.05) is 27.2 Å². The fraction of sp³-hybridized carbons (Fsp3) is 0.825. The Labute approximate surface area is 447 Å². The molecule has 0 aliphatic rings. The first-order valence-electron chi connectivity index (χ1n) is 30.7. The number of allylic oxidation sites excluding steroid dienone is 9. The summed E-state index contributed by atoms with van der Waals surface area (Å²) in [6, 6.07) is -0.862. The predicted octanol–water partition coefficient (Wildman–Crippen LogP) is 18.9. The Bertz CT molecular complexity index is 1360. The summed E-state index contributed by atoms with van der Waals surface area (Å²) in [5.74, 6) is -0.185. The van der Waals surface area contributed by atoms with Gasteiger partial charge in [0.05, 0.1) is 39.9 Å². The maximum atomic E-state index is 13.0. The van der Waals surface area contributed by atoms with Gasteiger partial charge in [-0.15, -0.1) is 0 Å². The summed E-state index contributed by atoms with van der Waals surface area (Å²) in [7, 11) is 1.56. The Morgan fingerprint density at radius 2 is 0.806 bits per heavy atom. The third kappa shape index (κ3) is 55.9. The molecule has 0 radical (unpaired) electrons. The number of phosphoric acid groups is 1. The topological polar surface area (TPSA) is 105 Å². The highest BCUT2D eigenvalue weighted by molar-refractivity contribution is 7.47. The number of unbranched alkanes of at least 4 members (excludes halogenated alkanes) is 35. The lowest BCUT2D eigenvalue weighted by Crippen LogP contribution is -2.45. The predicted molar refractivity (Wildman–Crippen MR) is 314 cm³/mol. The van der Waals surface area contributed by atoms with Gasteiger partial charge in [0, 0.05) is 6.42 Å². The number of amides is 1. The zero-order chi connectivity index (χ0) is 52.7. The molecule has 0 rings (SSSR count). The van der Waals surface area contributed by atoms with Crippen molar-refractivity contribution in [3.05, 3.63) is 60.8 Å². The van der Waals surface area contributed by atoms with Crippen molar-refractivity contribution < 1.29 is 32.9 Å². The van der Waals surface area contributed by atoms with E-state index in [-0.39, 0.29) is 19.1 Å². The third-order valence-corrected chi connectivity index (χ3v) is 14.7. The molecular formula is C63H120N2O6P+. The van der Waals surface area contributed by atoms with Crippen molar-refractivity contribution in [3.8, 4) is 0 Å². The van der Waals surface area contributed by atoms with Crippen molar-refractivity contribution in [1.29, 1.82) is 0 Å². The quantitative estimate of drug-likeness (QED) is 0.0243. The first-order chi connectivity index (χ1) is 35.0. The number of carbonyl (C=O) groups excluding carboxylic acids is 1. The van der Waals surface area contributed by atoms with E-state index in [0.29, 0.717) is 17.4 Å². The molecule has 0 aromatic rings. The number of hydrogen-bond acceptors (Lipinski definition) is 5. The molecule has 0 saturated heterocycles. The van der Waals surface area contributed by atoms with Gasteiger partial charge in [-0.05, 0) is 70.6 Å². The summed E-state index contributed by atoms with van der Waals surface area (Å²) < 4.78 is 23.6. The van der Waals surface area contributed by atoms with Gasteiger partial charge >= 0.3 is 7.82 Å². The van der Waals surface area contributed by atoms with Gasteiger partial charge < -0.3 is 19.8 Å². The highest BCUT2D eigenvalue weighted by Crippen LogP contribution is 2.43. The van der Waals surface area contributed by atoms with Gasteiger partial charge in [0.1, 0.15) is 13.2 Å². The molecule has 0 aliphatic heterocycles. The zero-order valence-electron chi connectivity index (χ0n) is 48.2. The number of rotatable bonds is 56. The summed E-state index contributed by atoms with van der Waals surface area (Å²) in [6.45, 7) is 4.79. The van der Waals surface area contributed by atoms with Crippen molar-refractivity contribution in [3.63, 3.8) is 0 Å². The number of nitrogens with one attached hydrogen (secondary N) is 1. The minimum absolute atomic E-state index is 0.0563. The number of carbonyl (C=O) groups is 1. The highest BCUT2D eigenvalue weighted by Gasteiger charge is 2.27. The second kappa shape index (κ2) is 54.0. The van der Waals surface area contributed by atoms with Crippen LogP contribution in [0.15, 0.2) is 60.8 Å². The van der Waals surface area contributed by atoms with E-state index in [1.165, 1.54) is 212 Å². The maximum Gasteiger partial charge on any atom is 0.472 e. The molecule has 0 aromatic heterocycles. The lowest BCUT2D eigenvalue weighted by atomic mass is 10.0. The van der Waals surface area contributed by atoms with Gasteiger partial charge in [-0.1, -0.05) is 267 Å². The number of nitrogens with zero attached hydrogens (tertiary/aromatic N) is 1. The molecule has 72 heavy (non-hydrogen) atoms. The summed E-state index contributed by atoms with van der Waals surface area (Å²) in [5, 5.41) is 13.9. The summed E-state index contributed by atoms with van der Waals surface area (Å²) in [4.78, 5) is 23.3. The lowest BCUT2D eigenvalue weighted by Gasteiger charge is -2.25. The molecule has 3 unspecified atom stereocenters. The van der Waals surface area contributed by atoms with Crippen molar-refractivity contribution in [2.45, 2.75) is 296 Å². The fourth-order valence-electron chi connectivity index (χ4n) is 8.89. The second-order valence-electron chi connectivity index (χ2n) is 22.1. The minimum Gasteiger partial charge on any atom is -0.387 e. The van der Waals surface area contributed by atoms with Crippen molar-refractivity contribution in [2.75, 3.05) is 40.9 Å². The van der Waals surface area contributed by atoms with E-state index in [2.05, 4.69) is 67.8 Å². The normalized spacial score (nSPS) is 14.3. The van der Waals surface area contributed by atoms with Crippen LogP contribution in [0, 0.1) is 0 Å². The minimum atomic E-state index is -4.35. The molecule has 0 aromatic carbocycles. The van der Waals surface area contributed by atoms with Gasteiger partial charge in [-0.2, -0.15) is 0 Å². The molecule has 8 nitrogen and oxygen atoms in total. The number of hydrogen-bond donors (Lipinski definition) is 3. The van der Waals surface area contributed by atoms with Gasteiger partial charge in [-0.25, -0.2) is 4.57 Å². The fourth-order valence-corrected chi connectivity index (χ4v) is 9.63. The van der Waals surface area contributed by atoms with Crippen LogP contribution in [0.5, 0.6) is 0 Å². The van der Waals surface area contributed by atoms with Gasteiger partial charge in [0.15, 0.2) is 0 Å². The maximum absolute atomic E-state index is 13.0. The Balaban J connectivity index is 3.95. The molecule has 0 bridgehead atoms. The van der Waals surface area contributed by atoms with Crippen LogP contribution in [-0.4, -0.2) is 73.4 Å². The molecule has 0 spiro atoms. The highest BCUT2D eigenvalue weighted by atomic mass is 31.2. The smallest absolute Gasteiger partial charge is 0.387 e. The SMILES string of the molecule is CCCCCCC/C=C\C/C=C\C/C=C\CCCCCCCCCCCCCCCCCCCCCCCCC(=O)NC(COP(=O)(O)OCC[N+](C)(C)C)C(O)/C=C/CC/C=C/CCCCCCCCC. The number of quaternary nitrogens is 1. The van der Waals surface area contributed by atoms with Crippen LogP contribution in [0.3, 0.4) is 0 Å². The summed E-state index contributed by atoms with van der Waals surface area (Å²) in [6.07, 6.45) is 73.6. The number of phosphoric ester groups is 1. The number of aliphatic hydroxyl groups excluding tert-OH is 1. The molecule has 0 fully saturated rings. The Kier molecular flexibility index (Phi) is 52.7.